The van der Waals surface area contributed by atoms with Gasteiger partial charge in [0.25, 0.3) is 11.8 Å². The third-order valence-corrected chi connectivity index (χ3v) is 10.1. The van der Waals surface area contributed by atoms with Crippen LogP contribution in [-0.2, 0) is 25.5 Å². The minimum absolute atomic E-state index is 0.00137. The van der Waals surface area contributed by atoms with E-state index >= 15 is 0 Å². The number of aryl methyl sites for hydroxylation is 2. The molecule has 2 saturated heterocycles. The van der Waals surface area contributed by atoms with E-state index in [4.69, 9.17) is 9.47 Å². The van der Waals surface area contributed by atoms with Crippen LogP contribution in [0.1, 0.15) is 80.2 Å². The molecule has 4 heterocycles. The number of hydrogen-bond acceptors (Lipinski definition) is 11. The van der Waals surface area contributed by atoms with Gasteiger partial charge in [0, 0.05) is 56.6 Å². The van der Waals surface area contributed by atoms with Gasteiger partial charge in [0.2, 0.25) is 11.8 Å². The molecule has 3 aliphatic rings. The number of H-pyrrole nitrogens is 1. The number of aromatic amines is 1. The minimum Gasteiger partial charge on any atom is -0.483 e. The summed E-state index contributed by atoms with van der Waals surface area (Å²) in [5, 5.41) is 20.5. The number of pyridine rings is 1. The van der Waals surface area contributed by atoms with Gasteiger partial charge in [0.1, 0.15) is 23.5 Å². The van der Waals surface area contributed by atoms with Crippen LogP contribution in [0, 0.1) is 6.92 Å². The van der Waals surface area contributed by atoms with Crippen molar-refractivity contribution >= 4 is 40.6 Å². The number of carbonyl (C=O) groups excluding carboxylic acids is 5. The summed E-state index contributed by atoms with van der Waals surface area (Å²) in [6, 6.07) is 5.66. The van der Waals surface area contributed by atoms with Crippen molar-refractivity contribution in [1.82, 2.24) is 50.9 Å². The molecule has 0 bridgehead atoms. The highest BCUT2D eigenvalue weighted by Crippen LogP contribution is 2.28. The Kier molecular flexibility index (Phi) is 12.3. The molecule has 1 aromatic carbocycles. The lowest BCUT2D eigenvalue weighted by atomic mass is 9.93. The molecular weight excluding hydrogens is 684 g/mol. The van der Waals surface area contributed by atoms with Gasteiger partial charge in [0.05, 0.1) is 12.1 Å². The van der Waals surface area contributed by atoms with E-state index in [-0.39, 0.29) is 67.7 Å². The third kappa shape index (κ3) is 9.37. The molecule has 0 radical (unpaired) electrons. The Morgan fingerprint density at radius 2 is 1.79 bits per heavy atom. The number of benzene rings is 1. The van der Waals surface area contributed by atoms with Gasteiger partial charge in [0.15, 0.2) is 12.4 Å². The van der Waals surface area contributed by atoms with Crippen LogP contribution in [0.3, 0.4) is 0 Å². The minimum atomic E-state index is -0.969. The van der Waals surface area contributed by atoms with Crippen molar-refractivity contribution in [1.29, 1.82) is 0 Å². The van der Waals surface area contributed by atoms with Crippen LogP contribution in [0.4, 0.5) is 4.79 Å². The summed E-state index contributed by atoms with van der Waals surface area (Å²) in [5.41, 5.74) is 1.39. The van der Waals surface area contributed by atoms with Gasteiger partial charge < -0.3 is 34.8 Å². The summed E-state index contributed by atoms with van der Waals surface area (Å²) in [4.78, 5) is 76.0. The lowest BCUT2D eigenvalue weighted by molar-refractivity contribution is -0.140. The number of tetrazole rings is 1. The number of rotatable bonds is 14. The molecule has 17 heteroatoms. The normalized spacial score (nSPS) is 18.0. The predicted octanol–water partition coefficient (Wildman–Crippen LogP) is 1.91. The number of amides is 5. The molecule has 17 nitrogen and oxygen atoms in total. The monoisotopic (exact) mass is 732 g/mol. The first-order valence-electron chi connectivity index (χ1n) is 18.6. The number of nitrogens with one attached hydrogen (secondary N) is 3. The second-order valence-corrected chi connectivity index (χ2v) is 13.9. The maximum absolute atomic E-state index is 13.9. The number of fused-ring (bicyclic) bond motifs is 1. The fourth-order valence-electron chi connectivity index (χ4n) is 6.73. The zero-order valence-corrected chi connectivity index (χ0v) is 30.3. The number of nitrogens with zero attached hydrogens (tertiary/aromatic N) is 7. The third-order valence-electron chi connectivity index (χ3n) is 10.1. The van der Waals surface area contributed by atoms with Crippen LogP contribution < -0.4 is 15.4 Å². The number of piperazine rings is 1. The van der Waals surface area contributed by atoms with Crippen molar-refractivity contribution in [2.45, 2.75) is 89.8 Å². The summed E-state index contributed by atoms with van der Waals surface area (Å²) < 4.78 is 11.4. The Morgan fingerprint density at radius 1 is 1.00 bits per heavy atom. The number of aromatic nitrogens is 5. The van der Waals surface area contributed by atoms with Crippen LogP contribution in [0.2, 0.25) is 0 Å². The van der Waals surface area contributed by atoms with Gasteiger partial charge in [-0.2, -0.15) is 5.21 Å². The first kappa shape index (κ1) is 37.4. The largest absolute Gasteiger partial charge is 0.483 e. The van der Waals surface area contributed by atoms with Gasteiger partial charge in [-0.1, -0.05) is 24.6 Å². The van der Waals surface area contributed by atoms with Gasteiger partial charge >= 0.3 is 6.09 Å². The van der Waals surface area contributed by atoms with Crippen molar-refractivity contribution in [3.05, 3.63) is 41.3 Å². The van der Waals surface area contributed by atoms with Gasteiger partial charge in [-0.05, 0) is 69.6 Å². The van der Waals surface area contributed by atoms with Gasteiger partial charge in [-0.3, -0.25) is 19.2 Å². The molecule has 3 N–H and O–H groups in total. The maximum Gasteiger partial charge on any atom is 0.409 e. The highest BCUT2D eigenvalue weighted by molar-refractivity contribution is 5.99. The molecule has 0 spiro atoms. The lowest BCUT2D eigenvalue weighted by Gasteiger charge is -2.36. The van der Waals surface area contributed by atoms with Crippen LogP contribution in [0.15, 0.2) is 24.3 Å². The molecule has 2 atom stereocenters. The van der Waals surface area contributed by atoms with E-state index in [1.54, 1.807) is 14.7 Å². The smallest absolute Gasteiger partial charge is 0.409 e. The van der Waals surface area contributed by atoms with E-state index < -0.39 is 24.1 Å². The predicted molar refractivity (Wildman–Crippen MR) is 191 cm³/mol. The standard InChI is InChI=1S/C36H48N10O7/c1-3-4-19-52-36(51)45-17-15-44(16-18-45)35(50)26(12-13-31-40-42-43-41-31)39-33(48)28-21-30(25-11-10-23(2)20-27(25)38-28)53-22-32(47)46-14-6-9-29(46)34(49)37-24-7-5-8-24/h10-11,20-21,24,26,29H,3-9,12-19,22H2,1-2H3,(H,37,49)(H,39,48)(H,40,41,42,43). The average Bonchev–Trinajstić information content (AvgIpc) is 3.86. The molecule has 53 heavy (non-hydrogen) atoms. The fraction of sp³-hybridized carbons (Fsp3) is 0.583. The van der Waals surface area contributed by atoms with E-state index in [1.807, 2.05) is 32.0 Å². The Morgan fingerprint density at radius 3 is 2.51 bits per heavy atom. The second kappa shape index (κ2) is 17.4. The van der Waals surface area contributed by atoms with Gasteiger partial charge in [-0.25, -0.2) is 9.78 Å². The Labute approximate surface area is 307 Å². The number of hydrogen-bond donors (Lipinski definition) is 3. The highest BCUT2D eigenvalue weighted by Gasteiger charge is 2.36. The van der Waals surface area contributed by atoms with E-state index in [2.05, 4.69) is 36.2 Å². The average molecular weight is 733 g/mol. The molecule has 1 aliphatic carbocycles. The number of likely N-dealkylation sites (tertiary alicyclic amines) is 1. The van der Waals surface area contributed by atoms with Crippen LogP contribution >= 0.6 is 0 Å². The SMILES string of the molecule is CCCCOC(=O)N1CCN(C(=O)C(CCc2nn[nH]n2)NC(=O)c2cc(OCC(=O)N3CCCC3C(=O)NC3CCC3)c3ccc(C)cc3n2)CC1. The topological polar surface area (TPSA) is 205 Å². The molecule has 2 aromatic heterocycles. The van der Waals surface area contributed by atoms with E-state index in [1.165, 1.54) is 6.07 Å². The molecule has 3 fully saturated rings. The quantitative estimate of drug-likeness (QED) is 0.204. The summed E-state index contributed by atoms with van der Waals surface area (Å²) in [6.45, 7) is 5.55. The molecule has 284 valence electrons. The first-order chi connectivity index (χ1) is 25.7. The zero-order valence-electron chi connectivity index (χ0n) is 30.3. The fourth-order valence-corrected chi connectivity index (χ4v) is 6.73. The number of carbonyl (C=O) groups is 5. The molecule has 3 aromatic rings. The van der Waals surface area contributed by atoms with Crippen molar-refractivity contribution < 1.29 is 33.4 Å². The van der Waals surface area contributed by atoms with Crippen molar-refractivity contribution in [3.63, 3.8) is 0 Å². The Hall–Kier alpha value is -5.35. The van der Waals surface area contributed by atoms with Crippen LogP contribution in [0.5, 0.6) is 5.75 Å². The zero-order chi connectivity index (χ0) is 37.3. The molecule has 2 aliphatic heterocycles. The van der Waals surface area contributed by atoms with Gasteiger partial charge in [-0.15, -0.1) is 10.2 Å². The highest BCUT2D eigenvalue weighted by atomic mass is 16.6. The maximum atomic E-state index is 13.9. The molecule has 1 saturated carbocycles. The second-order valence-electron chi connectivity index (χ2n) is 13.9. The molecular formula is C36H48N10O7. The van der Waals surface area contributed by atoms with Crippen LogP contribution in [-0.4, -0.2) is 134 Å². The summed E-state index contributed by atoms with van der Waals surface area (Å²) in [7, 11) is 0. The molecule has 2 unspecified atom stereocenters. The number of ether oxygens (including phenoxy) is 2. The summed E-state index contributed by atoms with van der Waals surface area (Å²) in [5.74, 6) is -0.709. The first-order valence-corrected chi connectivity index (χ1v) is 18.6. The van der Waals surface area contributed by atoms with E-state index in [9.17, 15) is 24.0 Å². The van der Waals surface area contributed by atoms with E-state index in [0.29, 0.717) is 49.4 Å². The summed E-state index contributed by atoms with van der Waals surface area (Å²) in [6.07, 6.45) is 6.07. The Bertz CT molecular complexity index is 1780. The number of unbranched alkanes of at least 4 members (excludes halogenated alkanes) is 1. The van der Waals surface area contributed by atoms with E-state index in [0.717, 1.165) is 44.1 Å². The molecule has 6 rings (SSSR count). The van der Waals surface area contributed by atoms with Crippen molar-refractivity contribution in [3.8, 4) is 5.75 Å². The van der Waals surface area contributed by atoms with Crippen molar-refractivity contribution in [2.75, 3.05) is 45.9 Å². The Balaban J connectivity index is 1.15. The summed E-state index contributed by atoms with van der Waals surface area (Å²) >= 11 is 0. The van der Waals surface area contributed by atoms with Crippen LogP contribution in [0.25, 0.3) is 10.9 Å². The van der Waals surface area contributed by atoms with Crippen molar-refractivity contribution in [2.24, 2.45) is 0 Å². The molecule has 5 amide bonds. The lowest BCUT2D eigenvalue weighted by Crippen LogP contribution is -2.56.